The average molecular weight is 1770 g/mol. The summed E-state index contributed by atoms with van der Waals surface area (Å²) >= 11 is 0. The number of urea groups is 1. The molecule has 0 radical (unpaired) electrons. The number of allylic oxidation sites excluding steroid dienone is 1. The monoisotopic (exact) mass is 1770 g/mol. The number of nitrogens with one attached hydrogen (secondary N) is 7. The van der Waals surface area contributed by atoms with Crippen LogP contribution in [0.1, 0.15) is 122 Å². The van der Waals surface area contributed by atoms with E-state index in [1.54, 1.807) is 44.2 Å². The molecular weight excluding hydrogens is 1670 g/mol. The van der Waals surface area contributed by atoms with Crippen molar-refractivity contribution in [1.82, 2.24) is 61.3 Å². The van der Waals surface area contributed by atoms with Crippen LogP contribution in [0, 0.1) is 42.0 Å². The highest BCUT2D eigenvalue weighted by molar-refractivity contribution is 7.46. The summed E-state index contributed by atoms with van der Waals surface area (Å²) in [6, 6.07) is -6.44. The summed E-state index contributed by atoms with van der Waals surface area (Å²) in [5.74, 6) is -15.6. The van der Waals surface area contributed by atoms with Gasteiger partial charge in [0.25, 0.3) is 0 Å². The number of phosphoric acid groups is 2. The van der Waals surface area contributed by atoms with E-state index in [1.807, 2.05) is 13.8 Å². The Hall–Kier alpha value is -10.3. The lowest BCUT2D eigenvalue weighted by Crippen LogP contribution is -2.64. The van der Waals surface area contributed by atoms with Gasteiger partial charge in [-0.2, -0.15) is 0 Å². The second-order valence-electron chi connectivity index (χ2n) is 32.1. The standard InChI is InChI=1S/C40H50F2N7O12P.C39H53F2N6O13P/c1-21-7-9-27(10-8-21)44-40(56)46-29(15-24-13-25(41)16-26(42)14-24)34(50)45-30-20-60-39(55)33-12-22(2)18-48(33)36(52)23(3)43-35(51)31-6-4-5-11-47(31)38(54)32-17-28(61-62(57,58)59)19-49(32)37(30)53;1-5-6-7-8-9-32(48)43-28(15-24-13-25(40)16-26(41)14-24)34(49)44-33-23(4)59-39(54)30-12-21(2)18-46(30)36(51)22(3)42-35(50)31-20-58-11-10-45(31)37(52)29-17-27(60-61(55,56)57)19-47(29)38(33)53/h7-10,13-14,16,22-23,28-33H,4-6,11-12,15,17-20H2,1-3H3,(H,43,51)(H,45,50)(H2,44,46,56)(H2,57,58,59);8-9,13-14,16,21-23,27-31,33H,5-7,10-12,15,17-20H2,1-4H3,(H,42,50)(H,43,48)(H,44,49)(H2,55,56,57)/b;9-8+/t22-,23+,28-,29+,30+,31+,32+,33?;21-,22+,23+,27-,28+,29+,30?,31+,33+/m11/s1. The van der Waals surface area contributed by atoms with Gasteiger partial charge in [-0.15, -0.1) is 0 Å². The molecule has 8 aliphatic heterocycles. The van der Waals surface area contributed by atoms with Crippen LogP contribution in [0.5, 0.6) is 0 Å². The first-order valence-corrected chi connectivity index (χ1v) is 43.6. The highest BCUT2D eigenvalue weighted by Gasteiger charge is 2.53. The van der Waals surface area contributed by atoms with Crippen LogP contribution in [-0.2, 0) is 108 Å². The fraction of sp³-hybridized carbons (Fsp3) is 0.570. The zero-order valence-electron chi connectivity index (χ0n) is 68.5. The molecule has 0 bridgehead atoms. The summed E-state index contributed by atoms with van der Waals surface area (Å²) in [7, 11) is -10.4. The van der Waals surface area contributed by atoms with Gasteiger partial charge in [0.1, 0.15) is 108 Å². The first kappa shape index (κ1) is 94.9. The minimum atomic E-state index is -5.21. The van der Waals surface area contributed by atoms with Gasteiger partial charge in [0.05, 0.1) is 25.4 Å². The number of halogens is 4. The molecule has 8 aliphatic rings. The molecule has 17 atom stereocenters. The summed E-state index contributed by atoms with van der Waals surface area (Å²) in [6.07, 6.45) is 0.0331. The molecule has 13 amide bonds. The number of carbonyl (C=O) groups excluding carboxylic acids is 14. The average Bonchev–Trinajstić information content (AvgIpc) is 1.75. The lowest BCUT2D eigenvalue weighted by molar-refractivity contribution is -0.164. The summed E-state index contributed by atoms with van der Waals surface area (Å²) in [4.78, 5) is 242. The van der Waals surface area contributed by atoms with Crippen molar-refractivity contribution in [2.45, 2.75) is 216 Å². The van der Waals surface area contributed by atoms with E-state index in [0.717, 1.165) is 57.4 Å². The SMILES string of the molecule is CCCC/C=C/C(=O)N[C@@H](Cc1cc(F)cc(F)c1)C(=O)N[C@@H]1C(=O)N2C[C@H](OP(=O)(O)O)C[C@H]2C(=O)N2CCOC[C@H]2C(=O)N[C@@H](C)C(=O)N2C[C@H](C)CC2C(=O)O[C@H]1C.Cc1ccc(NC(=O)N[C@@H](Cc2cc(F)cc(F)c2)C(=O)N[C@H]2COC(=O)C3C[C@@H](C)CN3C(=O)[C@H](C)NC(=O)[C@@H]3CCCCN3C(=O)[C@@H]3C[C@@H](OP(=O)(O)O)CN3C2=O)cc1. The number of hydrogen-bond acceptors (Lipinski definition) is 21. The van der Waals surface area contributed by atoms with E-state index in [4.69, 9.17) is 23.3 Å². The first-order valence-electron chi connectivity index (χ1n) is 40.5. The molecule has 3 aromatic carbocycles. The number of aryl methyl sites for hydroxylation is 1. The molecule has 11 rings (SSSR count). The van der Waals surface area contributed by atoms with Crippen molar-refractivity contribution in [1.29, 1.82) is 0 Å². The number of ether oxygens (including phenoxy) is 3. The molecule has 8 fully saturated rings. The minimum Gasteiger partial charge on any atom is -0.461 e. The van der Waals surface area contributed by atoms with Crippen molar-refractivity contribution in [2.75, 3.05) is 64.4 Å². The van der Waals surface area contributed by atoms with Gasteiger partial charge in [-0.3, -0.25) is 61.8 Å². The number of phosphoric ester groups is 2. The fourth-order valence-electron chi connectivity index (χ4n) is 16.4. The van der Waals surface area contributed by atoms with E-state index in [9.17, 15) is 113 Å². The third-order valence-corrected chi connectivity index (χ3v) is 23.4. The topological polar surface area (TPSA) is 504 Å². The molecular formula is C79H103F4N13O25P2. The van der Waals surface area contributed by atoms with E-state index in [-0.39, 0.29) is 81.6 Å². The zero-order valence-corrected chi connectivity index (χ0v) is 70.3. The molecule has 11 N–H and O–H groups in total. The molecule has 8 saturated heterocycles. The van der Waals surface area contributed by atoms with Crippen LogP contribution in [-0.4, -0.2) is 282 Å². The third kappa shape index (κ3) is 25.2. The summed E-state index contributed by atoms with van der Waals surface area (Å²) in [5.41, 5.74) is 1.11. The summed E-state index contributed by atoms with van der Waals surface area (Å²) in [5, 5.41) is 17.7. The molecule has 0 saturated carbocycles. The molecule has 123 heavy (non-hydrogen) atoms. The molecule has 38 nitrogen and oxygen atoms in total. The second kappa shape index (κ2) is 41.4. The molecule has 3 aromatic rings. The first-order chi connectivity index (χ1) is 58.0. The van der Waals surface area contributed by atoms with Gasteiger partial charge in [0.2, 0.25) is 65.0 Å². The normalized spacial score (nSPS) is 27.7. The van der Waals surface area contributed by atoms with Gasteiger partial charge in [-0.05, 0) is 132 Å². The number of piperidine rings is 1. The van der Waals surface area contributed by atoms with Crippen molar-refractivity contribution in [3.8, 4) is 0 Å². The number of carbonyl (C=O) groups is 14. The number of benzene rings is 3. The van der Waals surface area contributed by atoms with Crippen LogP contribution >= 0.6 is 15.6 Å². The molecule has 0 aliphatic carbocycles. The maximum absolute atomic E-state index is 14.9. The Morgan fingerprint density at radius 2 is 1.05 bits per heavy atom. The highest BCUT2D eigenvalue weighted by Crippen LogP contribution is 2.43. The Balaban J connectivity index is 0.000000258. The number of fused-ring (bicyclic) bond motifs is 6. The Labute approximate surface area is 704 Å². The number of hydrogen-bond donors (Lipinski definition) is 11. The number of esters is 2. The second-order valence-corrected chi connectivity index (χ2v) is 34.5. The van der Waals surface area contributed by atoms with Gasteiger partial charge in [-0.1, -0.05) is 57.4 Å². The maximum Gasteiger partial charge on any atom is 0.469 e. The number of nitrogens with zero attached hydrogens (tertiary/aromatic N) is 6. The molecule has 672 valence electrons. The van der Waals surface area contributed by atoms with Gasteiger partial charge < -0.3 is 100 Å². The van der Waals surface area contributed by atoms with Gasteiger partial charge in [-0.25, -0.2) is 41.1 Å². The lowest BCUT2D eigenvalue weighted by atomic mass is 9.99. The summed E-state index contributed by atoms with van der Waals surface area (Å²) in [6.45, 7) is 9.20. The van der Waals surface area contributed by atoms with Crippen LogP contribution in [0.15, 0.2) is 72.8 Å². The molecule has 0 aromatic heterocycles. The fourth-order valence-corrected chi connectivity index (χ4v) is 17.5. The van der Waals surface area contributed by atoms with E-state index >= 15 is 0 Å². The van der Waals surface area contributed by atoms with Gasteiger partial charge in [0.15, 0.2) is 0 Å². The van der Waals surface area contributed by atoms with E-state index in [1.165, 1.54) is 41.5 Å². The lowest BCUT2D eigenvalue weighted by Gasteiger charge is -2.39. The highest BCUT2D eigenvalue weighted by atomic mass is 31.2. The predicted octanol–water partition coefficient (Wildman–Crippen LogP) is 1.47. The smallest absolute Gasteiger partial charge is 0.461 e. The van der Waals surface area contributed by atoms with Gasteiger partial charge >= 0.3 is 33.6 Å². The van der Waals surface area contributed by atoms with Crippen molar-refractivity contribution in [3.63, 3.8) is 0 Å². The number of anilines is 1. The third-order valence-electron chi connectivity index (χ3n) is 22.3. The number of morpholine rings is 1. The van der Waals surface area contributed by atoms with Crippen molar-refractivity contribution in [2.24, 2.45) is 11.8 Å². The maximum atomic E-state index is 14.9. The van der Waals surface area contributed by atoms with Crippen LogP contribution in [0.2, 0.25) is 0 Å². The quantitative estimate of drug-likeness (QED) is 0.0266. The Morgan fingerprint density at radius 1 is 0.561 bits per heavy atom. The number of amides is 13. The number of rotatable bonds is 19. The van der Waals surface area contributed by atoms with E-state index < -0.39 is 258 Å². The molecule has 44 heteroatoms. The van der Waals surface area contributed by atoms with Crippen molar-refractivity contribution >= 4 is 104 Å². The van der Waals surface area contributed by atoms with Crippen molar-refractivity contribution in [3.05, 3.63) is 113 Å². The van der Waals surface area contributed by atoms with Crippen LogP contribution in [0.4, 0.5) is 28.0 Å². The largest absolute Gasteiger partial charge is 0.469 e. The summed E-state index contributed by atoms with van der Waals surface area (Å²) < 4.78 is 108. The van der Waals surface area contributed by atoms with Crippen LogP contribution in [0.3, 0.4) is 0 Å². The number of cyclic esters (lactones) is 2. The molecule has 2 unspecified atom stereocenters. The minimum absolute atomic E-state index is 0.0256. The molecule has 8 heterocycles. The van der Waals surface area contributed by atoms with Gasteiger partial charge in [0, 0.05) is 82.8 Å². The predicted molar refractivity (Wildman–Crippen MR) is 422 cm³/mol. The Kier molecular flexibility index (Phi) is 32.0. The Bertz CT molecular complexity index is 4580. The van der Waals surface area contributed by atoms with E-state index in [0.29, 0.717) is 37.1 Å². The Morgan fingerprint density at radius 3 is 1.58 bits per heavy atom. The van der Waals surface area contributed by atoms with Crippen molar-refractivity contribution < 1.29 is 137 Å². The molecule has 0 spiro atoms. The van der Waals surface area contributed by atoms with E-state index in [2.05, 4.69) is 37.2 Å². The van der Waals surface area contributed by atoms with Crippen LogP contribution in [0.25, 0.3) is 0 Å². The number of unbranched alkanes of at least 4 members (excludes halogenated alkanes) is 2. The van der Waals surface area contributed by atoms with Crippen LogP contribution < -0.4 is 37.2 Å². The zero-order chi connectivity index (χ0) is 89.8.